The van der Waals surface area contributed by atoms with Crippen LogP contribution in [0.15, 0.2) is 24.5 Å². The number of anilines is 1. The molecule has 5 rings (SSSR count). The van der Waals surface area contributed by atoms with Crippen LogP contribution in [0.2, 0.25) is 0 Å². The van der Waals surface area contributed by atoms with Crippen molar-refractivity contribution in [3.05, 3.63) is 40.5 Å². The Kier molecular flexibility index (Phi) is 5.01. The maximum atomic E-state index is 9.70. The van der Waals surface area contributed by atoms with E-state index in [4.69, 9.17) is 0 Å². The molecule has 1 aliphatic heterocycles. The molecule has 3 aromatic rings. The molecule has 29 heavy (non-hydrogen) atoms. The predicted octanol–water partition coefficient (Wildman–Crippen LogP) is 4.06. The monoisotopic (exact) mass is 410 g/mol. The molecule has 1 saturated heterocycles. The highest BCUT2D eigenvalue weighted by atomic mass is 32.1. The molecule has 6 nitrogen and oxygen atoms in total. The van der Waals surface area contributed by atoms with Crippen LogP contribution in [0.3, 0.4) is 0 Å². The molecule has 0 radical (unpaired) electrons. The lowest BCUT2D eigenvalue weighted by Crippen LogP contribution is -2.38. The van der Waals surface area contributed by atoms with Crippen LogP contribution in [-0.2, 0) is 19.4 Å². The maximum absolute atomic E-state index is 9.70. The van der Waals surface area contributed by atoms with Gasteiger partial charge in [0.05, 0.1) is 5.39 Å². The zero-order valence-electron chi connectivity index (χ0n) is 16.4. The summed E-state index contributed by atoms with van der Waals surface area (Å²) in [6.45, 7) is 2.78. The number of hydrogen-bond acceptors (Lipinski definition) is 7. The average Bonchev–Trinajstić information content (AvgIpc) is 3.12. The quantitative estimate of drug-likeness (QED) is 0.563. The van der Waals surface area contributed by atoms with Crippen molar-refractivity contribution < 1.29 is 10.2 Å². The summed E-state index contributed by atoms with van der Waals surface area (Å²) in [5.41, 5.74) is 2.50. The maximum Gasteiger partial charge on any atom is 0.157 e. The number of fused-ring (bicyclic) bond motifs is 3. The molecular formula is C22H26N4O2S. The molecule has 1 aromatic carbocycles. The van der Waals surface area contributed by atoms with Gasteiger partial charge in [0.15, 0.2) is 11.5 Å². The van der Waals surface area contributed by atoms with Gasteiger partial charge in [0.1, 0.15) is 17.0 Å². The lowest BCUT2D eigenvalue weighted by atomic mass is 9.96. The van der Waals surface area contributed by atoms with Crippen molar-refractivity contribution >= 4 is 27.4 Å². The second-order valence-corrected chi connectivity index (χ2v) is 9.21. The third-order valence-corrected chi connectivity index (χ3v) is 7.33. The fraction of sp³-hybridized carbons (Fsp3) is 0.455. The Labute approximate surface area is 174 Å². The smallest absolute Gasteiger partial charge is 0.157 e. The van der Waals surface area contributed by atoms with E-state index in [0.717, 1.165) is 55.1 Å². The number of piperidine rings is 1. The Hall–Kier alpha value is -2.38. The van der Waals surface area contributed by atoms with Crippen LogP contribution in [0.1, 0.15) is 41.7 Å². The molecular weight excluding hydrogens is 384 g/mol. The van der Waals surface area contributed by atoms with E-state index in [1.165, 1.54) is 35.1 Å². The third-order valence-electron chi connectivity index (χ3n) is 6.13. The van der Waals surface area contributed by atoms with E-state index in [1.807, 2.05) is 17.4 Å². The number of nitrogens with one attached hydrogen (secondary N) is 1. The first-order valence-corrected chi connectivity index (χ1v) is 11.2. The summed E-state index contributed by atoms with van der Waals surface area (Å²) in [5.74, 6) is 0.894. The van der Waals surface area contributed by atoms with Gasteiger partial charge in [-0.2, -0.15) is 0 Å². The number of aryl methyl sites for hydroxylation is 2. The van der Waals surface area contributed by atoms with Crippen LogP contribution in [0.25, 0.3) is 10.2 Å². The van der Waals surface area contributed by atoms with Crippen molar-refractivity contribution in [2.45, 2.75) is 51.1 Å². The van der Waals surface area contributed by atoms with Gasteiger partial charge in [0, 0.05) is 30.6 Å². The number of nitrogens with zero attached hydrogens (tertiary/aromatic N) is 3. The summed E-state index contributed by atoms with van der Waals surface area (Å²) in [6, 6.07) is 5.49. The minimum atomic E-state index is -0.0663. The number of phenolic OH excluding ortho intramolecular Hbond substituents is 2. The van der Waals surface area contributed by atoms with Gasteiger partial charge in [0.25, 0.3) is 0 Å². The van der Waals surface area contributed by atoms with E-state index in [9.17, 15) is 10.2 Å². The van der Waals surface area contributed by atoms with Crippen LogP contribution < -0.4 is 5.32 Å². The third kappa shape index (κ3) is 3.76. The molecule has 0 bridgehead atoms. The van der Waals surface area contributed by atoms with Crippen LogP contribution in [-0.4, -0.2) is 44.2 Å². The molecule has 0 amide bonds. The minimum absolute atomic E-state index is 0.0501. The van der Waals surface area contributed by atoms with Crippen molar-refractivity contribution in [1.82, 2.24) is 14.9 Å². The summed E-state index contributed by atoms with van der Waals surface area (Å²) < 4.78 is 0. The number of hydrogen-bond donors (Lipinski definition) is 3. The Morgan fingerprint density at radius 1 is 1.07 bits per heavy atom. The van der Waals surface area contributed by atoms with E-state index in [1.54, 1.807) is 18.5 Å². The van der Waals surface area contributed by atoms with E-state index < -0.39 is 0 Å². The van der Waals surface area contributed by atoms with Gasteiger partial charge in [0.2, 0.25) is 0 Å². The number of phenols is 2. The first-order chi connectivity index (χ1) is 14.2. The van der Waals surface area contributed by atoms with Crippen molar-refractivity contribution in [2.75, 3.05) is 18.4 Å². The molecule has 0 unspecified atom stereocenters. The highest BCUT2D eigenvalue weighted by Crippen LogP contribution is 2.38. The lowest BCUT2D eigenvalue weighted by Gasteiger charge is -2.32. The van der Waals surface area contributed by atoms with E-state index in [0.29, 0.717) is 6.04 Å². The molecule has 0 spiro atoms. The number of thiophene rings is 1. The van der Waals surface area contributed by atoms with Crippen LogP contribution in [0.5, 0.6) is 11.5 Å². The Morgan fingerprint density at radius 3 is 2.72 bits per heavy atom. The zero-order valence-corrected chi connectivity index (χ0v) is 17.2. The van der Waals surface area contributed by atoms with Crippen molar-refractivity contribution in [2.24, 2.45) is 0 Å². The van der Waals surface area contributed by atoms with Crippen LogP contribution in [0, 0.1) is 0 Å². The summed E-state index contributed by atoms with van der Waals surface area (Å²) in [6.07, 6.45) is 8.69. The molecule has 3 N–H and O–H groups in total. The molecule has 2 aliphatic rings. The van der Waals surface area contributed by atoms with E-state index >= 15 is 0 Å². The van der Waals surface area contributed by atoms with Gasteiger partial charge in [-0.15, -0.1) is 11.3 Å². The van der Waals surface area contributed by atoms with Gasteiger partial charge in [-0.05, 0) is 61.8 Å². The first-order valence-electron chi connectivity index (χ1n) is 10.4. The van der Waals surface area contributed by atoms with Crippen molar-refractivity contribution in [3.63, 3.8) is 0 Å². The second kappa shape index (κ2) is 7.80. The summed E-state index contributed by atoms with van der Waals surface area (Å²) in [5, 5.41) is 24.2. The standard InChI is InChI=1S/C22H26N4O2S/c27-17-6-5-14(11-18(17)28)12-26-9-7-15(8-10-26)25-21-20-16-3-1-2-4-19(16)29-22(20)24-13-23-21/h5-6,11,13,15,27-28H,1-4,7-10,12H2,(H,23,24,25). The Morgan fingerprint density at radius 2 is 1.90 bits per heavy atom. The molecule has 2 aromatic heterocycles. The molecule has 1 aliphatic carbocycles. The lowest BCUT2D eigenvalue weighted by molar-refractivity contribution is 0.211. The molecule has 3 heterocycles. The highest BCUT2D eigenvalue weighted by Gasteiger charge is 2.23. The van der Waals surface area contributed by atoms with Crippen LogP contribution >= 0.6 is 11.3 Å². The molecule has 0 atom stereocenters. The number of aromatic hydroxyl groups is 2. The minimum Gasteiger partial charge on any atom is -0.504 e. The number of rotatable bonds is 4. The van der Waals surface area contributed by atoms with Gasteiger partial charge >= 0.3 is 0 Å². The molecule has 1 fully saturated rings. The first kappa shape index (κ1) is 18.6. The normalized spacial score (nSPS) is 18.1. The average molecular weight is 411 g/mol. The largest absolute Gasteiger partial charge is 0.504 e. The molecule has 152 valence electrons. The van der Waals surface area contributed by atoms with Crippen LogP contribution in [0.4, 0.5) is 5.82 Å². The predicted molar refractivity (Wildman–Crippen MR) is 116 cm³/mol. The van der Waals surface area contributed by atoms with Gasteiger partial charge in [-0.3, -0.25) is 4.90 Å². The van der Waals surface area contributed by atoms with Gasteiger partial charge in [-0.25, -0.2) is 9.97 Å². The van der Waals surface area contributed by atoms with Gasteiger partial charge < -0.3 is 15.5 Å². The second-order valence-electron chi connectivity index (χ2n) is 8.13. The summed E-state index contributed by atoms with van der Waals surface area (Å²) in [4.78, 5) is 14.2. The van der Waals surface area contributed by atoms with Gasteiger partial charge in [-0.1, -0.05) is 6.07 Å². The SMILES string of the molecule is Oc1ccc(CN2CCC(Nc3ncnc4sc5c(c34)CCCC5)CC2)cc1O. The Balaban J connectivity index is 1.25. The summed E-state index contributed by atoms with van der Waals surface area (Å²) in [7, 11) is 0. The summed E-state index contributed by atoms with van der Waals surface area (Å²) >= 11 is 1.84. The molecule has 7 heteroatoms. The number of aromatic nitrogens is 2. The highest BCUT2D eigenvalue weighted by molar-refractivity contribution is 7.19. The van der Waals surface area contributed by atoms with E-state index in [2.05, 4.69) is 20.2 Å². The topological polar surface area (TPSA) is 81.5 Å². The zero-order chi connectivity index (χ0) is 19.8. The molecule has 0 saturated carbocycles. The van der Waals surface area contributed by atoms with E-state index in [-0.39, 0.29) is 11.5 Å². The Bertz CT molecular complexity index is 1030. The fourth-order valence-electron chi connectivity index (χ4n) is 4.55. The van der Waals surface area contributed by atoms with Crippen molar-refractivity contribution in [1.29, 1.82) is 0 Å². The van der Waals surface area contributed by atoms with Crippen molar-refractivity contribution in [3.8, 4) is 11.5 Å². The number of likely N-dealkylation sites (tertiary alicyclic amines) is 1. The fourth-order valence-corrected chi connectivity index (χ4v) is 5.78. The number of benzene rings is 1.